The fraction of sp³-hybridized carbons (Fsp3) is 0.0625. The Labute approximate surface area is 125 Å². The second kappa shape index (κ2) is 4.70. The van der Waals surface area contributed by atoms with Gasteiger partial charge in [0.25, 0.3) is 5.56 Å². The van der Waals surface area contributed by atoms with Gasteiger partial charge in [-0.2, -0.15) is 5.10 Å². The Kier molecular flexibility index (Phi) is 2.69. The minimum atomic E-state index is -0.166. The first-order valence-electron chi connectivity index (χ1n) is 6.88. The zero-order valence-corrected chi connectivity index (χ0v) is 11.9. The maximum Gasteiger partial charge on any atom is 0.260 e. The molecule has 22 heavy (non-hydrogen) atoms. The minimum absolute atomic E-state index is 0.166. The summed E-state index contributed by atoms with van der Waals surface area (Å²) < 4.78 is 3.63. The summed E-state index contributed by atoms with van der Waals surface area (Å²) in [5.74, 6) is 0. The van der Waals surface area contributed by atoms with E-state index >= 15 is 0 Å². The highest BCUT2D eigenvalue weighted by atomic mass is 16.1. The first-order valence-corrected chi connectivity index (χ1v) is 6.88. The molecule has 1 N–H and O–H groups in total. The third-order valence-corrected chi connectivity index (χ3v) is 3.61. The molecule has 0 unspecified atom stereocenters. The summed E-state index contributed by atoms with van der Waals surface area (Å²) in [4.78, 5) is 19.3. The smallest absolute Gasteiger partial charge is 0.260 e. The summed E-state index contributed by atoms with van der Waals surface area (Å²) in [5.41, 5.74) is 2.93. The van der Waals surface area contributed by atoms with E-state index < -0.39 is 0 Å². The van der Waals surface area contributed by atoms with Gasteiger partial charge in [-0.05, 0) is 18.2 Å². The molecular formula is C16H13N5O. The lowest BCUT2D eigenvalue weighted by molar-refractivity contribution is 0.771. The number of nitrogens with one attached hydrogen (secondary N) is 1. The third kappa shape index (κ3) is 1.85. The molecule has 0 radical (unpaired) electrons. The van der Waals surface area contributed by atoms with Crippen LogP contribution in [0.2, 0.25) is 0 Å². The predicted molar refractivity (Wildman–Crippen MR) is 83.9 cm³/mol. The number of nitrogens with zero attached hydrogens (tertiary/aromatic N) is 4. The molecule has 1 aromatic carbocycles. The minimum Gasteiger partial charge on any atom is -0.312 e. The molecule has 0 aliphatic carbocycles. The van der Waals surface area contributed by atoms with E-state index in [1.807, 2.05) is 60.4 Å². The van der Waals surface area contributed by atoms with Gasteiger partial charge in [-0.25, -0.2) is 4.98 Å². The van der Waals surface area contributed by atoms with Gasteiger partial charge in [-0.3, -0.25) is 9.48 Å². The van der Waals surface area contributed by atoms with Crippen LogP contribution in [-0.4, -0.2) is 24.3 Å². The van der Waals surface area contributed by atoms with Crippen LogP contribution in [-0.2, 0) is 7.05 Å². The monoisotopic (exact) mass is 291 g/mol. The first kappa shape index (κ1) is 12.6. The number of para-hydroxylation sites is 1. The molecule has 0 atom stereocenters. The van der Waals surface area contributed by atoms with E-state index in [1.54, 1.807) is 4.68 Å². The van der Waals surface area contributed by atoms with E-state index in [-0.39, 0.29) is 5.56 Å². The molecule has 4 aromatic rings. The molecule has 0 fully saturated rings. The Morgan fingerprint density at radius 3 is 2.68 bits per heavy atom. The molecule has 6 heteroatoms. The number of benzene rings is 1. The van der Waals surface area contributed by atoms with E-state index in [0.29, 0.717) is 11.0 Å². The Morgan fingerprint density at radius 2 is 1.95 bits per heavy atom. The predicted octanol–water partition coefficient (Wildman–Crippen LogP) is 2.11. The molecule has 4 rings (SSSR count). The third-order valence-electron chi connectivity index (χ3n) is 3.61. The van der Waals surface area contributed by atoms with Crippen molar-refractivity contribution in [3.8, 4) is 16.9 Å². The van der Waals surface area contributed by atoms with Crippen molar-refractivity contribution in [3.63, 3.8) is 0 Å². The zero-order valence-electron chi connectivity index (χ0n) is 11.9. The van der Waals surface area contributed by atoms with E-state index in [1.165, 1.54) is 6.33 Å². The van der Waals surface area contributed by atoms with E-state index in [4.69, 9.17) is 0 Å². The van der Waals surface area contributed by atoms with Crippen molar-refractivity contribution < 1.29 is 0 Å². The first-order chi connectivity index (χ1) is 10.7. The van der Waals surface area contributed by atoms with Crippen LogP contribution in [0.1, 0.15) is 0 Å². The van der Waals surface area contributed by atoms with Crippen LogP contribution >= 0.6 is 0 Å². The summed E-state index contributed by atoms with van der Waals surface area (Å²) in [7, 11) is 1.85. The fourth-order valence-electron chi connectivity index (χ4n) is 2.61. The highest BCUT2D eigenvalue weighted by Gasteiger charge is 2.17. The van der Waals surface area contributed by atoms with Crippen molar-refractivity contribution in [2.75, 3.05) is 0 Å². The summed E-state index contributed by atoms with van der Waals surface area (Å²) >= 11 is 0. The van der Waals surface area contributed by atoms with E-state index in [2.05, 4.69) is 15.1 Å². The summed E-state index contributed by atoms with van der Waals surface area (Å²) in [5, 5.41) is 4.95. The van der Waals surface area contributed by atoms with Crippen LogP contribution in [0.3, 0.4) is 0 Å². The molecule has 0 aliphatic heterocycles. The van der Waals surface area contributed by atoms with E-state index in [0.717, 1.165) is 16.9 Å². The summed E-state index contributed by atoms with van der Waals surface area (Å²) in [6.07, 6.45) is 5.18. The number of hydrogen-bond donors (Lipinski definition) is 1. The van der Waals surface area contributed by atoms with Crippen LogP contribution < -0.4 is 5.56 Å². The molecule has 3 heterocycles. The van der Waals surface area contributed by atoms with Gasteiger partial charge in [0.2, 0.25) is 0 Å². The Balaban J connectivity index is 2.08. The molecule has 0 aliphatic rings. The number of fused-ring (bicyclic) bond motifs is 1. The van der Waals surface area contributed by atoms with Gasteiger partial charge >= 0.3 is 0 Å². The average Bonchev–Trinajstić information content (AvgIpc) is 3.13. The second-order valence-electron chi connectivity index (χ2n) is 5.05. The van der Waals surface area contributed by atoms with Crippen molar-refractivity contribution in [1.82, 2.24) is 24.3 Å². The van der Waals surface area contributed by atoms with Crippen molar-refractivity contribution in [3.05, 3.63) is 65.5 Å². The molecule has 0 amide bonds. The molecule has 0 saturated carbocycles. The SMILES string of the molecule is Cn1ccc(-c2cn(-c3ccccc3)c3nc[nH]c(=O)c23)n1. The topological polar surface area (TPSA) is 68.5 Å². The number of aryl methyl sites for hydroxylation is 1. The standard InChI is InChI=1S/C16H13N5O/c1-20-8-7-13(19-20)12-9-21(11-5-3-2-4-6-11)15-14(12)16(22)18-10-17-15/h2-10H,1H3,(H,17,18,22). The Morgan fingerprint density at radius 1 is 1.14 bits per heavy atom. The highest BCUT2D eigenvalue weighted by Crippen LogP contribution is 2.27. The lowest BCUT2D eigenvalue weighted by Gasteiger charge is -2.02. The quantitative estimate of drug-likeness (QED) is 0.615. The van der Waals surface area contributed by atoms with Crippen molar-refractivity contribution in [1.29, 1.82) is 0 Å². The molecule has 3 aromatic heterocycles. The Bertz CT molecular complexity index is 1010. The normalized spacial score (nSPS) is 11.1. The average molecular weight is 291 g/mol. The van der Waals surface area contributed by atoms with Crippen molar-refractivity contribution in [2.45, 2.75) is 0 Å². The number of aromatic amines is 1. The number of rotatable bonds is 2. The van der Waals surface area contributed by atoms with Gasteiger partial charge in [0.15, 0.2) is 5.65 Å². The molecule has 6 nitrogen and oxygen atoms in total. The fourth-order valence-corrected chi connectivity index (χ4v) is 2.61. The number of hydrogen-bond acceptors (Lipinski definition) is 3. The lowest BCUT2D eigenvalue weighted by atomic mass is 10.2. The maximum absolute atomic E-state index is 12.3. The molecule has 0 bridgehead atoms. The molecule has 0 saturated heterocycles. The molecule has 108 valence electrons. The van der Waals surface area contributed by atoms with Gasteiger partial charge in [0.05, 0.1) is 17.4 Å². The number of aromatic nitrogens is 5. The summed E-state index contributed by atoms with van der Waals surface area (Å²) in [6.45, 7) is 0. The second-order valence-corrected chi connectivity index (χ2v) is 5.05. The van der Waals surface area contributed by atoms with Crippen LogP contribution in [0.25, 0.3) is 28.0 Å². The van der Waals surface area contributed by atoms with Crippen molar-refractivity contribution in [2.24, 2.45) is 7.05 Å². The highest BCUT2D eigenvalue weighted by molar-refractivity contribution is 5.93. The van der Waals surface area contributed by atoms with Gasteiger partial charge in [-0.1, -0.05) is 18.2 Å². The molecular weight excluding hydrogens is 278 g/mol. The van der Waals surface area contributed by atoms with Gasteiger partial charge < -0.3 is 9.55 Å². The van der Waals surface area contributed by atoms with Gasteiger partial charge in [0.1, 0.15) is 0 Å². The molecule has 0 spiro atoms. The van der Waals surface area contributed by atoms with Gasteiger partial charge in [0, 0.05) is 30.7 Å². The van der Waals surface area contributed by atoms with Gasteiger partial charge in [-0.15, -0.1) is 0 Å². The zero-order chi connectivity index (χ0) is 15.1. The van der Waals surface area contributed by atoms with Crippen molar-refractivity contribution >= 4 is 11.0 Å². The van der Waals surface area contributed by atoms with Crippen LogP contribution in [0.4, 0.5) is 0 Å². The number of H-pyrrole nitrogens is 1. The van der Waals surface area contributed by atoms with Crippen LogP contribution in [0.15, 0.2) is 59.9 Å². The van der Waals surface area contributed by atoms with Crippen LogP contribution in [0, 0.1) is 0 Å². The largest absolute Gasteiger partial charge is 0.312 e. The van der Waals surface area contributed by atoms with Crippen LogP contribution in [0.5, 0.6) is 0 Å². The Hall–Kier alpha value is -3.15. The summed E-state index contributed by atoms with van der Waals surface area (Å²) in [6, 6.07) is 11.7. The van der Waals surface area contributed by atoms with E-state index in [9.17, 15) is 4.79 Å². The maximum atomic E-state index is 12.3. The lowest BCUT2D eigenvalue weighted by Crippen LogP contribution is -2.07.